The first kappa shape index (κ1) is 23.0. The molecule has 1 saturated heterocycles. The lowest BCUT2D eigenvalue weighted by atomic mass is 9.92. The van der Waals surface area contributed by atoms with E-state index < -0.39 is 46.5 Å². The Kier molecular flexibility index (Phi) is 7.15. The molecule has 1 aromatic carbocycles. The summed E-state index contributed by atoms with van der Waals surface area (Å²) in [6.07, 6.45) is 2.41. The normalized spacial score (nSPS) is 21.2. The summed E-state index contributed by atoms with van der Waals surface area (Å²) in [5.74, 6) is -4.22. The maximum Gasteiger partial charge on any atom is 0.312 e. The number of Topliss-reactive ketones (excluding diaryl/α,β-unsaturated/α-hetero) is 1. The Hall–Kier alpha value is -2.68. The monoisotopic (exact) mass is 452 g/mol. The van der Waals surface area contributed by atoms with Gasteiger partial charge in [-0.15, -0.1) is 0 Å². The van der Waals surface area contributed by atoms with Gasteiger partial charge in [-0.1, -0.05) is 24.6 Å². The van der Waals surface area contributed by atoms with Crippen LogP contribution < -0.4 is 5.32 Å². The summed E-state index contributed by atoms with van der Waals surface area (Å²) < 4.78 is 27.5. The molecule has 0 bridgehead atoms. The molecule has 7 nitrogen and oxygen atoms in total. The molecule has 1 N–H and O–H groups in total. The van der Waals surface area contributed by atoms with E-state index in [1.807, 2.05) is 6.92 Å². The van der Waals surface area contributed by atoms with Crippen LogP contribution in [0.15, 0.2) is 34.1 Å². The minimum atomic E-state index is -0.961. The maximum atomic E-state index is 14.1. The first-order valence-electron chi connectivity index (χ1n) is 10.1. The molecule has 1 aromatic rings. The molecule has 2 aliphatic rings. The van der Waals surface area contributed by atoms with Crippen LogP contribution in [0, 0.1) is 17.6 Å². The molecule has 10 heteroatoms. The smallest absolute Gasteiger partial charge is 0.312 e. The number of nitrogens with one attached hydrogen (secondary N) is 1. The third kappa shape index (κ3) is 4.81. The fourth-order valence-electron chi connectivity index (χ4n) is 3.92. The second-order valence-electron chi connectivity index (χ2n) is 7.60. The van der Waals surface area contributed by atoms with Crippen LogP contribution in [0.5, 0.6) is 0 Å². The molecule has 0 saturated carbocycles. The van der Waals surface area contributed by atoms with Crippen molar-refractivity contribution in [3.63, 3.8) is 0 Å². The third-order valence-electron chi connectivity index (χ3n) is 5.74. The van der Waals surface area contributed by atoms with Crippen molar-refractivity contribution in [3.8, 4) is 0 Å². The van der Waals surface area contributed by atoms with E-state index in [2.05, 4.69) is 15.5 Å². The van der Waals surface area contributed by atoms with Crippen LogP contribution in [-0.2, 0) is 20.8 Å². The first-order valence-corrected chi connectivity index (χ1v) is 10.5. The van der Waals surface area contributed by atoms with Crippen LogP contribution in [0.4, 0.5) is 8.78 Å². The summed E-state index contributed by atoms with van der Waals surface area (Å²) in [6, 6.07) is 1.25. The number of ketones is 1. The van der Waals surface area contributed by atoms with Crippen molar-refractivity contribution < 1.29 is 23.2 Å². The molecule has 0 aliphatic carbocycles. The van der Waals surface area contributed by atoms with Crippen molar-refractivity contribution in [1.82, 2.24) is 10.2 Å². The van der Waals surface area contributed by atoms with Gasteiger partial charge in [0, 0.05) is 24.9 Å². The van der Waals surface area contributed by atoms with Crippen LogP contribution in [0.2, 0.25) is 5.02 Å². The molecule has 0 spiro atoms. The topological polar surface area (TPSA) is 91.2 Å². The van der Waals surface area contributed by atoms with Gasteiger partial charge in [-0.3, -0.25) is 14.4 Å². The number of halogens is 3. The van der Waals surface area contributed by atoms with Gasteiger partial charge in [0.1, 0.15) is 22.4 Å². The van der Waals surface area contributed by atoms with Crippen LogP contribution in [0.1, 0.15) is 32.3 Å². The lowest BCUT2D eigenvalue weighted by Crippen LogP contribution is -2.48. The largest absolute Gasteiger partial charge is 0.339 e. The van der Waals surface area contributed by atoms with Crippen molar-refractivity contribution in [2.24, 2.45) is 16.1 Å². The summed E-state index contributed by atoms with van der Waals surface area (Å²) >= 11 is 5.58. The molecule has 31 heavy (non-hydrogen) atoms. The molecule has 2 aliphatic heterocycles. The van der Waals surface area contributed by atoms with E-state index >= 15 is 0 Å². The van der Waals surface area contributed by atoms with Crippen LogP contribution in [0.3, 0.4) is 0 Å². The fraction of sp³-hybridized carbons (Fsp3) is 0.476. The molecule has 2 amide bonds. The van der Waals surface area contributed by atoms with E-state index in [0.29, 0.717) is 25.1 Å². The highest BCUT2D eigenvalue weighted by Gasteiger charge is 2.40. The lowest BCUT2D eigenvalue weighted by Gasteiger charge is -2.25. The van der Waals surface area contributed by atoms with Gasteiger partial charge in [0.2, 0.25) is 0 Å². The average molecular weight is 453 g/mol. The molecule has 2 heterocycles. The minimum absolute atomic E-state index is 0.00379. The summed E-state index contributed by atoms with van der Waals surface area (Å²) in [7, 11) is 0. The van der Waals surface area contributed by atoms with Gasteiger partial charge in [-0.25, -0.2) is 8.78 Å². The lowest BCUT2D eigenvalue weighted by molar-refractivity contribution is -0.147. The highest BCUT2D eigenvalue weighted by Crippen LogP contribution is 2.28. The van der Waals surface area contributed by atoms with E-state index in [4.69, 9.17) is 11.6 Å². The van der Waals surface area contributed by atoms with Gasteiger partial charge in [0.25, 0.3) is 0 Å². The first-order chi connectivity index (χ1) is 14.7. The van der Waals surface area contributed by atoms with Gasteiger partial charge < -0.3 is 10.2 Å². The number of carbonyl (C=O) groups excluding carboxylic acids is 3. The number of nitrogens with zero attached hydrogens (tertiary/aromatic N) is 3. The van der Waals surface area contributed by atoms with E-state index in [9.17, 15) is 23.2 Å². The molecular weight excluding hydrogens is 430 g/mol. The Morgan fingerprint density at radius 2 is 2.06 bits per heavy atom. The fourth-order valence-corrected chi connectivity index (χ4v) is 4.11. The summed E-state index contributed by atoms with van der Waals surface area (Å²) in [5, 5.41) is 9.83. The Morgan fingerprint density at radius 3 is 2.71 bits per heavy atom. The number of azo groups is 1. The van der Waals surface area contributed by atoms with Crippen molar-refractivity contribution in [1.29, 1.82) is 0 Å². The Morgan fingerprint density at radius 1 is 1.32 bits per heavy atom. The van der Waals surface area contributed by atoms with Crippen LogP contribution in [-0.4, -0.2) is 47.7 Å². The summed E-state index contributed by atoms with van der Waals surface area (Å²) in [5.41, 5.74) is 0.613. The van der Waals surface area contributed by atoms with Gasteiger partial charge in [0.05, 0.1) is 18.3 Å². The van der Waals surface area contributed by atoms with Crippen LogP contribution in [0.25, 0.3) is 0 Å². The zero-order valence-corrected chi connectivity index (χ0v) is 18.0. The molecular formula is C21H23ClF2N4O3. The number of rotatable bonds is 6. The number of carbonyl (C=O) groups is 3. The van der Waals surface area contributed by atoms with Gasteiger partial charge in [-0.2, -0.15) is 10.2 Å². The molecule has 3 atom stereocenters. The minimum Gasteiger partial charge on any atom is -0.339 e. The second-order valence-corrected chi connectivity index (χ2v) is 7.98. The Balaban J connectivity index is 1.63. The second kappa shape index (κ2) is 9.64. The highest BCUT2D eigenvalue weighted by atomic mass is 35.5. The number of hydrogen-bond acceptors (Lipinski definition) is 5. The third-order valence-corrected chi connectivity index (χ3v) is 6.09. The van der Waals surface area contributed by atoms with Gasteiger partial charge in [0.15, 0.2) is 0 Å². The number of amides is 2. The van der Waals surface area contributed by atoms with Gasteiger partial charge in [-0.05, 0) is 37.5 Å². The van der Waals surface area contributed by atoms with Crippen molar-refractivity contribution in [2.75, 3.05) is 13.1 Å². The predicted octanol–water partition coefficient (Wildman–Crippen LogP) is 3.21. The zero-order chi connectivity index (χ0) is 22.7. The van der Waals surface area contributed by atoms with E-state index in [0.717, 1.165) is 6.07 Å². The van der Waals surface area contributed by atoms with E-state index in [-0.39, 0.29) is 24.3 Å². The Bertz CT molecular complexity index is 966. The van der Waals surface area contributed by atoms with Gasteiger partial charge >= 0.3 is 11.8 Å². The number of likely N-dealkylation sites (tertiary alicyclic amines) is 1. The summed E-state index contributed by atoms with van der Waals surface area (Å²) in [6.45, 7) is 4.22. The predicted molar refractivity (Wildman–Crippen MR) is 109 cm³/mol. The average Bonchev–Trinajstić information content (AvgIpc) is 3.41. The quantitative estimate of drug-likeness (QED) is 0.530. The highest BCUT2D eigenvalue weighted by molar-refractivity contribution is 6.35. The summed E-state index contributed by atoms with van der Waals surface area (Å²) in [4.78, 5) is 39.3. The van der Waals surface area contributed by atoms with Crippen molar-refractivity contribution >= 4 is 29.2 Å². The zero-order valence-electron chi connectivity index (χ0n) is 17.2. The molecule has 0 unspecified atom stereocenters. The standard InChI is InChI=1S/C21H23ClF2N4O3/c1-3-15(16-6-8-25-27-16)26-20(30)21(31)28-9-7-13(11(28)2)17(29)10-12-4-5-14(23)18(22)19(12)24/h4-6,11,13,15H,3,7-10H2,1-2H3,(H,26,30)/t11-,13-,15+/m0/s1. The van der Waals surface area contributed by atoms with E-state index in [1.54, 1.807) is 13.0 Å². The number of benzene rings is 1. The molecule has 0 radical (unpaired) electrons. The SMILES string of the molecule is CC[C@@H](NC(=O)C(=O)N1CC[C@H](C(=O)Cc2ccc(F)c(Cl)c2F)[C@@H]1C)C1=CCN=N1. The van der Waals surface area contributed by atoms with Crippen LogP contribution >= 0.6 is 11.6 Å². The van der Waals surface area contributed by atoms with Crippen molar-refractivity contribution in [2.45, 2.75) is 45.2 Å². The molecule has 1 fully saturated rings. The van der Waals surface area contributed by atoms with Crippen molar-refractivity contribution in [3.05, 3.63) is 46.1 Å². The molecule has 3 rings (SSSR count). The maximum absolute atomic E-state index is 14.1. The molecule has 166 valence electrons. The van der Waals surface area contributed by atoms with E-state index in [1.165, 1.54) is 11.0 Å². The Labute approximate surface area is 183 Å². The number of hydrogen-bond donors (Lipinski definition) is 1. The molecule has 0 aromatic heterocycles.